The summed E-state index contributed by atoms with van der Waals surface area (Å²) in [6.07, 6.45) is 0.0448. The van der Waals surface area contributed by atoms with Crippen LogP contribution in [0.2, 0.25) is 0 Å². The van der Waals surface area contributed by atoms with Gasteiger partial charge in [0.2, 0.25) is 5.91 Å². The van der Waals surface area contributed by atoms with Gasteiger partial charge in [-0.15, -0.1) is 0 Å². The molecule has 32 heavy (non-hydrogen) atoms. The van der Waals surface area contributed by atoms with Crippen LogP contribution in [-0.2, 0) is 23.9 Å². The molecule has 0 aliphatic carbocycles. The molecular weight excluding hydrogens is 412 g/mol. The zero-order valence-electron chi connectivity index (χ0n) is 18.3. The Labute approximate surface area is 186 Å². The average Bonchev–Trinajstić information content (AvgIpc) is 3.16. The SMILES string of the molecule is CCOC(=O)c1ccc(NC(=O)COC(=O)C2CC(=O)N(c3cccc(C)c3C)C2)cc1. The summed E-state index contributed by atoms with van der Waals surface area (Å²) in [6.45, 7) is 5.65. The van der Waals surface area contributed by atoms with E-state index in [0.717, 1.165) is 16.8 Å². The number of amides is 2. The number of ether oxygens (including phenoxy) is 2. The summed E-state index contributed by atoms with van der Waals surface area (Å²) < 4.78 is 10.0. The maximum Gasteiger partial charge on any atom is 0.338 e. The molecule has 0 saturated carbocycles. The number of rotatable bonds is 7. The highest BCUT2D eigenvalue weighted by Gasteiger charge is 2.37. The molecule has 1 saturated heterocycles. The number of carbonyl (C=O) groups excluding carboxylic acids is 4. The van der Waals surface area contributed by atoms with E-state index in [-0.39, 0.29) is 25.5 Å². The first-order valence-corrected chi connectivity index (χ1v) is 10.4. The molecule has 1 N–H and O–H groups in total. The normalized spacial score (nSPS) is 15.4. The molecule has 8 nitrogen and oxygen atoms in total. The molecule has 2 aromatic rings. The van der Waals surface area contributed by atoms with Gasteiger partial charge in [0.1, 0.15) is 0 Å². The lowest BCUT2D eigenvalue weighted by molar-refractivity contribution is -0.151. The lowest BCUT2D eigenvalue weighted by Crippen LogP contribution is -2.28. The van der Waals surface area contributed by atoms with Crippen LogP contribution in [0.25, 0.3) is 0 Å². The number of hydrogen-bond acceptors (Lipinski definition) is 6. The Kier molecular flexibility index (Phi) is 7.25. The Balaban J connectivity index is 1.51. The van der Waals surface area contributed by atoms with Crippen molar-refractivity contribution in [2.45, 2.75) is 27.2 Å². The van der Waals surface area contributed by atoms with Gasteiger partial charge in [-0.05, 0) is 62.2 Å². The zero-order valence-corrected chi connectivity index (χ0v) is 18.3. The Morgan fingerprint density at radius 1 is 1.06 bits per heavy atom. The van der Waals surface area contributed by atoms with Crippen molar-refractivity contribution in [1.82, 2.24) is 0 Å². The van der Waals surface area contributed by atoms with E-state index in [2.05, 4.69) is 5.32 Å². The Hall–Kier alpha value is -3.68. The van der Waals surface area contributed by atoms with Crippen LogP contribution in [0.5, 0.6) is 0 Å². The molecule has 0 spiro atoms. The third-order valence-electron chi connectivity index (χ3n) is 5.35. The topological polar surface area (TPSA) is 102 Å². The summed E-state index contributed by atoms with van der Waals surface area (Å²) in [6, 6.07) is 11.9. The fraction of sp³-hybridized carbons (Fsp3) is 0.333. The number of carbonyl (C=O) groups is 4. The minimum Gasteiger partial charge on any atom is -0.462 e. The predicted octanol–water partition coefficient (Wildman–Crippen LogP) is 3.01. The molecule has 0 bridgehead atoms. The number of benzene rings is 2. The van der Waals surface area contributed by atoms with E-state index >= 15 is 0 Å². The van der Waals surface area contributed by atoms with E-state index in [4.69, 9.17) is 9.47 Å². The number of nitrogens with one attached hydrogen (secondary N) is 1. The summed E-state index contributed by atoms with van der Waals surface area (Å²) in [5.74, 6) is -2.32. The zero-order chi connectivity index (χ0) is 23.3. The maximum absolute atomic E-state index is 12.5. The van der Waals surface area contributed by atoms with Crippen molar-refractivity contribution in [2.75, 3.05) is 30.0 Å². The Morgan fingerprint density at radius 3 is 2.47 bits per heavy atom. The number of nitrogens with zero attached hydrogens (tertiary/aromatic N) is 1. The third-order valence-corrected chi connectivity index (χ3v) is 5.35. The highest BCUT2D eigenvalue weighted by atomic mass is 16.5. The monoisotopic (exact) mass is 438 g/mol. The van der Waals surface area contributed by atoms with E-state index < -0.39 is 30.4 Å². The van der Waals surface area contributed by atoms with Gasteiger partial charge in [0.15, 0.2) is 6.61 Å². The lowest BCUT2D eigenvalue weighted by Gasteiger charge is -2.20. The van der Waals surface area contributed by atoms with Gasteiger partial charge in [-0.25, -0.2) is 4.79 Å². The smallest absolute Gasteiger partial charge is 0.338 e. The van der Waals surface area contributed by atoms with Crippen molar-refractivity contribution < 1.29 is 28.7 Å². The number of anilines is 2. The number of aryl methyl sites for hydroxylation is 1. The van der Waals surface area contributed by atoms with Crippen molar-refractivity contribution in [3.05, 3.63) is 59.2 Å². The van der Waals surface area contributed by atoms with E-state index in [1.54, 1.807) is 24.0 Å². The van der Waals surface area contributed by atoms with Crippen LogP contribution in [0.3, 0.4) is 0 Å². The van der Waals surface area contributed by atoms with Crippen LogP contribution in [0.15, 0.2) is 42.5 Å². The Bertz CT molecular complexity index is 1030. The lowest BCUT2D eigenvalue weighted by atomic mass is 10.1. The molecular formula is C24H26N2O6. The van der Waals surface area contributed by atoms with Gasteiger partial charge in [-0.2, -0.15) is 0 Å². The fourth-order valence-electron chi connectivity index (χ4n) is 3.48. The van der Waals surface area contributed by atoms with Crippen molar-refractivity contribution in [3.8, 4) is 0 Å². The minimum absolute atomic E-state index is 0.0448. The van der Waals surface area contributed by atoms with Crippen LogP contribution in [0.1, 0.15) is 34.8 Å². The van der Waals surface area contributed by atoms with Gasteiger partial charge in [0, 0.05) is 24.3 Å². The van der Waals surface area contributed by atoms with Gasteiger partial charge in [-0.1, -0.05) is 12.1 Å². The van der Waals surface area contributed by atoms with Crippen LogP contribution < -0.4 is 10.2 Å². The number of hydrogen-bond donors (Lipinski definition) is 1. The maximum atomic E-state index is 12.5. The quantitative estimate of drug-likeness (QED) is 0.667. The second-order valence-corrected chi connectivity index (χ2v) is 7.58. The fourth-order valence-corrected chi connectivity index (χ4v) is 3.48. The summed E-state index contributed by atoms with van der Waals surface area (Å²) >= 11 is 0. The second kappa shape index (κ2) is 10.1. The highest BCUT2D eigenvalue weighted by molar-refractivity contribution is 6.00. The first-order chi connectivity index (χ1) is 15.3. The first kappa shape index (κ1) is 23.0. The van der Waals surface area contributed by atoms with Crippen LogP contribution in [-0.4, -0.2) is 43.5 Å². The van der Waals surface area contributed by atoms with Gasteiger partial charge in [-0.3, -0.25) is 14.4 Å². The van der Waals surface area contributed by atoms with E-state index in [0.29, 0.717) is 11.3 Å². The number of esters is 2. The summed E-state index contributed by atoms with van der Waals surface area (Å²) in [5, 5.41) is 2.60. The van der Waals surface area contributed by atoms with Gasteiger partial charge >= 0.3 is 11.9 Å². The largest absolute Gasteiger partial charge is 0.462 e. The molecule has 3 rings (SSSR count). The average molecular weight is 438 g/mol. The van der Waals surface area contributed by atoms with E-state index in [1.165, 1.54) is 12.1 Å². The molecule has 0 aromatic heterocycles. The highest BCUT2D eigenvalue weighted by Crippen LogP contribution is 2.29. The molecule has 168 valence electrons. The molecule has 8 heteroatoms. The molecule has 1 aliphatic rings. The molecule has 1 atom stereocenters. The molecule has 2 amide bonds. The molecule has 1 fully saturated rings. The standard InChI is InChI=1S/C24H26N2O6/c1-4-31-23(29)17-8-10-19(11-9-17)25-21(27)14-32-24(30)18-12-22(28)26(13-18)20-7-5-6-15(2)16(20)3/h5-11,18H,4,12-14H2,1-3H3,(H,25,27). The molecule has 1 aliphatic heterocycles. The van der Waals surface area contributed by atoms with Crippen molar-refractivity contribution >= 4 is 35.1 Å². The third kappa shape index (κ3) is 5.32. The van der Waals surface area contributed by atoms with E-state index in [1.807, 2.05) is 32.0 Å². The van der Waals surface area contributed by atoms with Crippen molar-refractivity contribution in [2.24, 2.45) is 5.92 Å². The molecule has 0 radical (unpaired) electrons. The van der Waals surface area contributed by atoms with E-state index in [9.17, 15) is 19.2 Å². The molecule has 1 unspecified atom stereocenters. The molecule has 2 aromatic carbocycles. The second-order valence-electron chi connectivity index (χ2n) is 7.58. The summed E-state index contributed by atoms with van der Waals surface area (Å²) in [4.78, 5) is 50.3. The Morgan fingerprint density at radius 2 is 1.78 bits per heavy atom. The summed E-state index contributed by atoms with van der Waals surface area (Å²) in [5.41, 5.74) is 3.66. The first-order valence-electron chi connectivity index (χ1n) is 10.4. The molecule has 1 heterocycles. The van der Waals surface area contributed by atoms with Crippen molar-refractivity contribution in [1.29, 1.82) is 0 Å². The summed E-state index contributed by atoms with van der Waals surface area (Å²) in [7, 11) is 0. The van der Waals surface area contributed by atoms with Crippen LogP contribution >= 0.6 is 0 Å². The van der Waals surface area contributed by atoms with Crippen LogP contribution in [0, 0.1) is 19.8 Å². The minimum atomic E-state index is -0.626. The van der Waals surface area contributed by atoms with Gasteiger partial charge in [0.05, 0.1) is 18.1 Å². The predicted molar refractivity (Wildman–Crippen MR) is 118 cm³/mol. The van der Waals surface area contributed by atoms with Gasteiger partial charge in [0.25, 0.3) is 5.91 Å². The van der Waals surface area contributed by atoms with Gasteiger partial charge < -0.3 is 19.7 Å². The van der Waals surface area contributed by atoms with Crippen LogP contribution in [0.4, 0.5) is 11.4 Å². The van der Waals surface area contributed by atoms with Crippen molar-refractivity contribution in [3.63, 3.8) is 0 Å².